The Morgan fingerprint density at radius 3 is 2.10 bits per heavy atom. The van der Waals surface area contributed by atoms with Crippen molar-refractivity contribution in [1.82, 2.24) is 20.4 Å². The van der Waals surface area contributed by atoms with Gasteiger partial charge in [0, 0.05) is 19.6 Å². The van der Waals surface area contributed by atoms with Crippen LogP contribution in [0.4, 0.5) is 4.79 Å². The number of amides is 4. The van der Waals surface area contributed by atoms with Crippen LogP contribution in [-0.2, 0) is 9.59 Å². The molecule has 116 valence electrons. The molecule has 0 aromatic heterocycles. The number of nitrogens with one attached hydrogen (secondary N) is 2. The van der Waals surface area contributed by atoms with Crippen LogP contribution >= 0.6 is 0 Å². The molecule has 0 spiro atoms. The van der Waals surface area contributed by atoms with E-state index in [-0.39, 0.29) is 12.5 Å². The molecular weight excluding hydrogens is 260 g/mol. The molecule has 0 radical (unpaired) electrons. The molecular formula is C13H26N4O3. The minimum Gasteiger partial charge on any atom is -0.342 e. The van der Waals surface area contributed by atoms with Crippen LogP contribution in [0.5, 0.6) is 0 Å². The molecule has 0 heterocycles. The number of urea groups is 1. The molecule has 7 nitrogen and oxygen atoms in total. The van der Waals surface area contributed by atoms with E-state index in [1.807, 2.05) is 13.8 Å². The standard InChI is InChI=1S/C13H26N4O3/c1-6-14-13(20)15-12(19)10(4)16(5)9-11(18)17(7-2)8-3/h10H,6-9H2,1-5H3,(H2,14,15,19,20). The molecule has 7 heteroatoms. The zero-order valence-corrected chi connectivity index (χ0v) is 13.0. The van der Waals surface area contributed by atoms with Gasteiger partial charge in [0.1, 0.15) is 0 Å². The quantitative estimate of drug-likeness (QED) is 0.691. The van der Waals surface area contributed by atoms with Gasteiger partial charge in [-0.3, -0.25) is 19.8 Å². The van der Waals surface area contributed by atoms with Crippen molar-refractivity contribution < 1.29 is 14.4 Å². The lowest BCUT2D eigenvalue weighted by atomic mass is 10.2. The molecule has 20 heavy (non-hydrogen) atoms. The first kappa shape index (κ1) is 18.4. The number of hydrogen-bond donors (Lipinski definition) is 2. The van der Waals surface area contributed by atoms with Crippen molar-refractivity contribution in [2.75, 3.05) is 33.2 Å². The minimum atomic E-state index is -0.558. The molecule has 0 saturated carbocycles. The van der Waals surface area contributed by atoms with Crippen LogP contribution in [0, 0.1) is 0 Å². The van der Waals surface area contributed by atoms with Gasteiger partial charge in [-0.15, -0.1) is 0 Å². The van der Waals surface area contributed by atoms with Gasteiger partial charge in [0.25, 0.3) is 0 Å². The largest absolute Gasteiger partial charge is 0.342 e. The number of hydrogen-bond acceptors (Lipinski definition) is 4. The summed E-state index contributed by atoms with van der Waals surface area (Å²) >= 11 is 0. The molecule has 1 unspecified atom stereocenters. The van der Waals surface area contributed by atoms with Crippen molar-refractivity contribution in [1.29, 1.82) is 0 Å². The number of imide groups is 1. The Morgan fingerprint density at radius 2 is 1.65 bits per heavy atom. The van der Waals surface area contributed by atoms with Crippen LogP contribution in [0.25, 0.3) is 0 Å². The summed E-state index contributed by atoms with van der Waals surface area (Å²) in [5, 5.41) is 4.72. The first-order valence-electron chi connectivity index (χ1n) is 6.93. The molecule has 0 rings (SSSR count). The van der Waals surface area contributed by atoms with Crippen LogP contribution in [0.1, 0.15) is 27.7 Å². The predicted octanol–water partition coefficient (Wildman–Crippen LogP) is 0.0208. The second kappa shape index (κ2) is 9.30. The average molecular weight is 286 g/mol. The van der Waals surface area contributed by atoms with E-state index in [0.29, 0.717) is 19.6 Å². The fourth-order valence-corrected chi connectivity index (χ4v) is 1.65. The van der Waals surface area contributed by atoms with Gasteiger partial charge in [0.05, 0.1) is 12.6 Å². The topological polar surface area (TPSA) is 81.8 Å². The zero-order chi connectivity index (χ0) is 15.7. The molecule has 4 amide bonds. The number of carbonyl (C=O) groups excluding carboxylic acids is 3. The molecule has 0 bridgehead atoms. The third kappa shape index (κ3) is 6.01. The van der Waals surface area contributed by atoms with Gasteiger partial charge >= 0.3 is 6.03 Å². The average Bonchev–Trinajstić information content (AvgIpc) is 2.39. The van der Waals surface area contributed by atoms with Crippen molar-refractivity contribution >= 4 is 17.8 Å². The Balaban J connectivity index is 4.39. The van der Waals surface area contributed by atoms with Crippen LogP contribution in [0.2, 0.25) is 0 Å². The maximum absolute atomic E-state index is 11.9. The van der Waals surface area contributed by atoms with E-state index in [2.05, 4.69) is 10.6 Å². The molecule has 0 aromatic rings. The summed E-state index contributed by atoms with van der Waals surface area (Å²) in [5.41, 5.74) is 0. The van der Waals surface area contributed by atoms with Gasteiger partial charge < -0.3 is 10.2 Å². The van der Waals surface area contributed by atoms with Gasteiger partial charge in [-0.05, 0) is 34.7 Å². The fourth-order valence-electron chi connectivity index (χ4n) is 1.65. The van der Waals surface area contributed by atoms with Crippen molar-refractivity contribution in [3.8, 4) is 0 Å². The summed E-state index contributed by atoms with van der Waals surface area (Å²) in [5.74, 6) is -0.457. The number of rotatable bonds is 7. The van der Waals surface area contributed by atoms with Gasteiger partial charge in [-0.2, -0.15) is 0 Å². The summed E-state index contributed by atoms with van der Waals surface area (Å²) in [6.07, 6.45) is 0. The highest BCUT2D eigenvalue weighted by Crippen LogP contribution is 1.98. The number of nitrogens with zero attached hydrogens (tertiary/aromatic N) is 2. The van der Waals surface area contributed by atoms with Crippen LogP contribution in [0.15, 0.2) is 0 Å². The lowest BCUT2D eigenvalue weighted by molar-refractivity contribution is -0.133. The van der Waals surface area contributed by atoms with Gasteiger partial charge in [-0.25, -0.2) is 4.79 Å². The summed E-state index contributed by atoms with van der Waals surface area (Å²) in [6.45, 7) is 9.12. The van der Waals surface area contributed by atoms with Crippen LogP contribution < -0.4 is 10.6 Å². The summed E-state index contributed by atoms with van der Waals surface area (Å²) in [6, 6.07) is -1.08. The zero-order valence-electron chi connectivity index (χ0n) is 13.0. The molecule has 0 aliphatic heterocycles. The lowest BCUT2D eigenvalue weighted by Crippen LogP contribution is -2.50. The predicted molar refractivity (Wildman–Crippen MR) is 77.2 cm³/mol. The first-order valence-corrected chi connectivity index (χ1v) is 6.93. The summed E-state index contributed by atoms with van der Waals surface area (Å²) in [7, 11) is 1.68. The Morgan fingerprint density at radius 1 is 1.10 bits per heavy atom. The third-order valence-corrected chi connectivity index (χ3v) is 3.12. The summed E-state index contributed by atoms with van der Waals surface area (Å²) in [4.78, 5) is 38.3. The van der Waals surface area contributed by atoms with E-state index in [1.54, 1.807) is 30.7 Å². The minimum absolute atomic E-state index is 0.0323. The first-order chi connectivity index (χ1) is 9.37. The monoisotopic (exact) mass is 286 g/mol. The van der Waals surface area contributed by atoms with Gasteiger partial charge in [-0.1, -0.05) is 0 Å². The van der Waals surface area contributed by atoms with Crippen molar-refractivity contribution in [2.24, 2.45) is 0 Å². The highest BCUT2D eigenvalue weighted by Gasteiger charge is 2.22. The van der Waals surface area contributed by atoms with E-state index in [9.17, 15) is 14.4 Å². The van der Waals surface area contributed by atoms with E-state index in [1.165, 1.54) is 0 Å². The normalized spacial score (nSPS) is 11.9. The molecule has 0 aliphatic rings. The Labute approximate surface area is 120 Å². The van der Waals surface area contributed by atoms with Crippen LogP contribution in [-0.4, -0.2) is 66.9 Å². The second-order valence-electron chi connectivity index (χ2n) is 4.51. The highest BCUT2D eigenvalue weighted by atomic mass is 16.2. The van der Waals surface area contributed by atoms with Crippen LogP contribution in [0.3, 0.4) is 0 Å². The van der Waals surface area contributed by atoms with Crippen molar-refractivity contribution in [2.45, 2.75) is 33.7 Å². The van der Waals surface area contributed by atoms with Gasteiger partial charge in [0.15, 0.2) is 0 Å². The Bertz CT molecular complexity index is 343. The summed E-state index contributed by atoms with van der Waals surface area (Å²) < 4.78 is 0. The van der Waals surface area contributed by atoms with E-state index >= 15 is 0 Å². The SMILES string of the molecule is CCNC(=O)NC(=O)C(C)N(C)CC(=O)N(CC)CC. The molecule has 0 aromatic carbocycles. The van der Waals surface area contributed by atoms with E-state index in [0.717, 1.165) is 0 Å². The molecule has 0 fully saturated rings. The van der Waals surface area contributed by atoms with Crippen molar-refractivity contribution in [3.63, 3.8) is 0 Å². The maximum atomic E-state index is 11.9. The highest BCUT2D eigenvalue weighted by molar-refractivity contribution is 5.97. The Kier molecular flexibility index (Phi) is 8.54. The fraction of sp³-hybridized carbons (Fsp3) is 0.769. The smallest absolute Gasteiger partial charge is 0.321 e. The molecule has 1 atom stereocenters. The second-order valence-corrected chi connectivity index (χ2v) is 4.51. The third-order valence-electron chi connectivity index (χ3n) is 3.12. The van der Waals surface area contributed by atoms with Crippen molar-refractivity contribution in [3.05, 3.63) is 0 Å². The van der Waals surface area contributed by atoms with E-state index < -0.39 is 18.0 Å². The Hall–Kier alpha value is -1.63. The maximum Gasteiger partial charge on any atom is 0.321 e. The number of likely N-dealkylation sites (N-methyl/N-ethyl adjacent to an activating group) is 2. The molecule has 0 aliphatic carbocycles. The molecule has 0 saturated heterocycles. The molecule has 2 N–H and O–H groups in total. The number of carbonyl (C=O) groups is 3. The lowest BCUT2D eigenvalue weighted by Gasteiger charge is -2.26. The van der Waals surface area contributed by atoms with Gasteiger partial charge in [0.2, 0.25) is 11.8 Å². The van der Waals surface area contributed by atoms with E-state index in [4.69, 9.17) is 0 Å².